The molecule has 70 valence electrons. The molecule has 0 aliphatic carbocycles. The molecule has 0 saturated heterocycles. The Bertz CT molecular complexity index is 506. The second-order valence-electron chi connectivity index (χ2n) is 2.89. The van der Waals surface area contributed by atoms with Crippen molar-refractivity contribution in [3.8, 4) is 0 Å². The summed E-state index contributed by atoms with van der Waals surface area (Å²) in [6.07, 6.45) is 5.19. The first-order valence-corrected chi connectivity index (χ1v) is 4.84. The van der Waals surface area contributed by atoms with Gasteiger partial charge in [0.1, 0.15) is 0 Å². The normalized spacial score (nSPS) is 10.4. The van der Waals surface area contributed by atoms with Crippen LogP contribution in [0.4, 0.5) is 0 Å². The zero-order valence-electron chi connectivity index (χ0n) is 7.30. The molecule has 0 fully saturated rings. The van der Waals surface area contributed by atoms with Crippen LogP contribution in [0.5, 0.6) is 0 Å². The first-order chi connectivity index (χ1) is 6.74. The molecule has 2 aromatic rings. The van der Waals surface area contributed by atoms with Crippen molar-refractivity contribution in [3.05, 3.63) is 46.7 Å². The van der Waals surface area contributed by atoms with Crippen molar-refractivity contribution in [1.29, 1.82) is 0 Å². The van der Waals surface area contributed by atoms with Gasteiger partial charge in [-0.1, -0.05) is 41.9 Å². The number of benzene rings is 1. The van der Waals surface area contributed by atoms with Gasteiger partial charge in [-0.05, 0) is 6.07 Å². The highest BCUT2D eigenvalue weighted by molar-refractivity contribution is 6.45. The Morgan fingerprint density at radius 2 is 2.00 bits per heavy atom. The van der Waals surface area contributed by atoms with Crippen LogP contribution in [0.3, 0.4) is 0 Å². The molecule has 0 N–H and O–H groups in total. The van der Waals surface area contributed by atoms with Gasteiger partial charge < -0.3 is 0 Å². The number of fused-ring (bicyclic) bond motifs is 1. The SMILES string of the molecule is C=Cc1cncc2ccc(Cl)c(Cl)c12. The lowest BCUT2D eigenvalue weighted by atomic mass is 10.1. The van der Waals surface area contributed by atoms with Crippen molar-refractivity contribution in [2.24, 2.45) is 0 Å². The minimum absolute atomic E-state index is 0.550. The monoisotopic (exact) mass is 223 g/mol. The van der Waals surface area contributed by atoms with Crippen LogP contribution in [0, 0.1) is 0 Å². The largest absolute Gasteiger partial charge is 0.263 e. The molecule has 0 spiro atoms. The fourth-order valence-corrected chi connectivity index (χ4v) is 1.82. The summed E-state index contributed by atoms with van der Waals surface area (Å²) in [7, 11) is 0. The molecule has 3 heteroatoms. The van der Waals surface area contributed by atoms with E-state index in [-0.39, 0.29) is 0 Å². The van der Waals surface area contributed by atoms with Crippen molar-refractivity contribution in [2.45, 2.75) is 0 Å². The standard InChI is InChI=1S/C11H7Cl2N/c1-2-7-5-14-6-8-3-4-9(12)11(13)10(7)8/h2-6H,1H2. The predicted molar refractivity (Wildman–Crippen MR) is 61.9 cm³/mol. The molecule has 1 nitrogen and oxygen atoms in total. The summed E-state index contributed by atoms with van der Waals surface area (Å²) in [6, 6.07) is 3.66. The fraction of sp³-hybridized carbons (Fsp3) is 0. The Labute approximate surface area is 92.0 Å². The molecular formula is C11H7Cl2N. The maximum atomic E-state index is 6.10. The van der Waals surface area contributed by atoms with Crippen molar-refractivity contribution in [3.63, 3.8) is 0 Å². The van der Waals surface area contributed by atoms with E-state index in [1.165, 1.54) is 0 Å². The third kappa shape index (κ3) is 1.39. The number of pyridine rings is 1. The van der Waals surface area contributed by atoms with E-state index in [1.54, 1.807) is 24.5 Å². The number of rotatable bonds is 1. The summed E-state index contributed by atoms with van der Waals surface area (Å²) in [6.45, 7) is 3.71. The van der Waals surface area contributed by atoms with Gasteiger partial charge in [-0.25, -0.2) is 0 Å². The highest BCUT2D eigenvalue weighted by Crippen LogP contribution is 2.32. The first kappa shape index (κ1) is 9.50. The molecular weight excluding hydrogens is 217 g/mol. The van der Waals surface area contributed by atoms with E-state index in [1.807, 2.05) is 6.07 Å². The van der Waals surface area contributed by atoms with Gasteiger partial charge in [-0.15, -0.1) is 0 Å². The third-order valence-electron chi connectivity index (χ3n) is 2.06. The molecule has 0 radical (unpaired) electrons. The zero-order valence-corrected chi connectivity index (χ0v) is 8.81. The number of nitrogens with zero attached hydrogens (tertiary/aromatic N) is 1. The van der Waals surface area contributed by atoms with E-state index in [0.29, 0.717) is 10.0 Å². The van der Waals surface area contributed by atoms with E-state index >= 15 is 0 Å². The first-order valence-electron chi connectivity index (χ1n) is 4.08. The van der Waals surface area contributed by atoms with Gasteiger partial charge >= 0.3 is 0 Å². The number of hydrogen-bond donors (Lipinski definition) is 0. The highest BCUT2D eigenvalue weighted by Gasteiger charge is 2.06. The Kier molecular flexibility index (Phi) is 2.44. The Hall–Kier alpha value is -1.05. The average molecular weight is 224 g/mol. The molecule has 0 aliphatic heterocycles. The van der Waals surface area contributed by atoms with Crippen molar-refractivity contribution in [2.75, 3.05) is 0 Å². The van der Waals surface area contributed by atoms with Crippen molar-refractivity contribution < 1.29 is 0 Å². The van der Waals surface area contributed by atoms with Crippen LogP contribution in [0.2, 0.25) is 10.0 Å². The summed E-state index contributed by atoms with van der Waals surface area (Å²) >= 11 is 12.0. The molecule has 14 heavy (non-hydrogen) atoms. The minimum atomic E-state index is 0.550. The van der Waals surface area contributed by atoms with Crippen LogP contribution in [0.25, 0.3) is 16.8 Å². The molecule has 0 aliphatic rings. The topological polar surface area (TPSA) is 12.9 Å². The van der Waals surface area contributed by atoms with Gasteiger partial charge in [0, 0.05) is 28.7 Å². The van der Waals surface area contributed by atoms with E-state index in [2.05, 4.69) is 11.6 Å². The van der Waals surface area contributed by atoms with Crippen LogP contribution in [-0.4, -0.2) is 4.98 Å². The lowest BCUT2D eigenvalue weighted by Gasteiger charge is -2.04. The predicted octanol–water partition coefficient (Wildman–Crippen LogP) is 4.18. The van der Waals surface area contributed by atoms with Gasteiger partial charge in [-0.2, -0.15) is 0 Å². The van der Waals surface area contributed by atoms with Gasteiger partial charge in [0.2, 0.25) is 0 Å². The second kappa shape index (κ2) is 3.60. The average Bonchev–Trinajstić information content (AvgIpc) is 2.23. The summed E-state index contributed by atoms with van der Waals surface area (Å²) in [5.41, 5.74) is 0.898. The third-order valence-corrected chi connectivity index (χ3v) is 2.87. The molecule has 0 atom stereocenters. The van der Waals surface area contributed by atoms with Crippen LogP contribution >= 0.6 is 23.2 Å². The lowest BCUT2D eigenvalue weighted by molar-refractivity contribution is 1.35. The quantitative estimate of drug-likeness (QED) is 0.707. The molecule has 0 saturated carbocycles. The molecule has 2 rings (SSSR count). The lowest BCUT2D eigenvalue weighted by Crippen LogP contribution is -1.83. The second-order valence-corrected chi connectivity index (χ2v) is 3.68. The smallest absolute Gasteiger partial charge is 0.0677 e. The molecule has 0 amide bonds. The van der Waals surface area contributed by atoms with Crippen LogP contribution < -0.4 is 0 Å². The fourth-order valence-electron chi connectivity index (χ4n) is 1.38. The van der Waals surface area contributed by atoms with Crippen LogP contribution in [0.15, 0.2) is 31.1 Å². The maximum Gasteiger partial charge on any atom is 0.0677 e. The number of aromatic nitrogens is 1. The number of halogens is 2. The molecule has 1 aromatic heterocycles. The molecule has 0 bridgehead atoms. The highest BCUT2D eigenvalue weighted by atomic mass is 35.5. The van der Waals surface area contributed by atoms with Gasteiger partial charge in [0.25, 0.3) is 0 Å². The Morgan fingerprint density at radius 3 is 2.71 bits per heavy atom. The summed E-state index contributed by atoms with van der Waals surface area (Å²) < 4.78 is 0. The summed E-state index contributed by atoms with van der Waals surface area (Å²) in [5.74, 6) is 0. The Morgan fingerprint density at radius 1 is 1.21 bits per heavy atom. The van der Waals surface area contributed by atoms with E-state index < -0.39 is 0 Å². The van der Waals surface area contributed by atoms with E-state index in [4.69, 9.17) is 23.2 Å². The summed E-state index contributed by atoms with van der Waals surface area (Å²) in [5, 5.41) is 2.98. The Balaban J connectivity index is 2.96. The van der Waals surface area contributed by atoms with Crippen LogP contribution in [-0.2, 0) is 0 Å². The number of hydrogen-bond acceptors (Lipinski definition) is 1. The van der Waals surface area contributed by atoms with Gasteiger partial charge in [0.15, 0.2) is 0 Å². The van der Waals surface area contributed by atoms with Gasteiger partial charge in [-0.3, -0.25) is 4.98 Å². The van der Waals surface area contributed by atoms with Crippen LogP contribution in [0.1, 0.15) is 5.56 Å². The van der Waals surface area contributed by atoms with Gasteiger partial charge in [0.05, 0.1) is 10.0 Å². The minimum Gasteiger partial charge on any atom is -0.263 e. The van der Waals surface area contributed by atoms with Crippen molar-refractivity contribution in [1.82, 2.24) is 4.98 Å². The van der Waals surface area contributed by atoms with E-state index in [0.717, 1.165) is 16.3 Å². The molecule has 0 unspecified atom stereocenters. The zero-order chi connectivity index (χ0) is 10.1. The van der Waals surface area contributed by atoms with Crippen molar-refractivity contribution >= 4 is 40.1 Å². The summed E-state index contributed by atoms with van der Waals surface area (Å²) in [4.78, 5) is 4.08. The maximum absolute atomic E-state index is 6.10. The molecule has 1 aromatic carbocycles. The van der Waals surface area contributed by atoms with E-state index in [9.17, 15) is 0 Å². The molecule has 1 heterocycles.